The van der Waals surface area contributed by atoms with Gasteiger partial charge >= 0.3 is 7.12 Å². The van der Waals surface area contributed by atoms with E-state index in [0.29, 0.717) is 0 Å². The third-order valence-electron chi connectivity index (χ3n) is 12.4. The van der Waals surface area contributed by atoms with Gasteiger partial charge in [-0.1, -0.05) is 105 Å². The lowest BCUT2D eigenvalue weighted by Crippen LogP contribution is -2.41. The maximum absolute atomic E-state index is 6.49. The largest absolute Gasteiger partial charge is 0.494 e. The Balaban J connectivity index is 1.11. The summed E-state index contributed by atoms with van der Waals surface area (Å²) >= 11 is 0. The van der Waals surface area contributed by atoms with Gasteiger partial charge in [-0.25, -0.2) is 0 Å². The molecular formula is C49H43BN2O2. The number of para-hydroxylation sites is 1. The van der Waals surface area contributed by atoms with Gasteiger partial charge in [0.1, 0.15) is 0 Å². The van der Waals surface area contributed by atoms with Crippen molar-refractivity contribution in [3.05, 3.63) is 163 Å². The Morgan fingerprint density at radius 2 is 1.09 bits per heavy atom. The van der Waals surface area contributed by atoms with Gasteiger partial charge in [0.05, 0.1) is 22.2 Å². The number of rotatable bonds is 5. The van der Waals surface area contributed by atoms with Crippen molar-refractivity contribution in [2.45, 2.75) is 58.2 Å². The lowest BCUT2D eigenvalue weighted by molar-refractivity contribution is 0.00578. The SMILES string of the molecule is CC1(C)c2ccccc2-c2ccc(N(c3ccc(-n4c5ccccc5c5ccc(B6OC(C)(C)C(C)(C)O6)cc54)cc3)c3ccc4ccccc4c3)cc21. The van der Waals surface area contributed by atoms with Gasteiger partial charge < -0.3 is 18.8 Å². The number of hydrogen-bond acceptors (Lipinski definition) is 3. The van der Waals surface area contributed by atoms with Crippen molar-refractivity contribution < 1.29 is 9.31 Å². The van der Waals surface area contributed by atoms with Crippen LogP contribution in [-0.4, -0.2) is 22.9 Å². The molecule has 0 unspecified atom stereocenters. The van der Waals surface area contributed by atoms with E-state index in [4.69, 9.17) is 9.31 Å². The van der Waals surface area contributed by atoms with Crippen LogP contribution >= 0.6 is 0 Å². The van der Waals surface area contributed by atoms with Crippen LogP contribution in [0.15, 0.2) is 152 Å². The normalized spacial score (nSPS) is 16.6. The third kappa shape index (κ3) is 4.92. The smallest absolute Gasteiger partial charge is 0.399 e. The van der Waals surface area contributed by atoms with Crippen molar-refractivity contribution >= 4 is 62.2 Å². The van der Waals surface area contributed by atoms with Crippen molar-refractivity contribution in [3.63, 3.8) is 0 Å². The summed E-state index contributed by atoms with van der Waals surface area (Å²) in [6.07, 6.45) is 0. The minimum Gasteiger partial charge on any atom is -0.399 e. The highest BCUT2D eigenvalue weighted by Crippen LogP contribution is 2.51. The zero-order valence-electron chi connectivity index (χ0n) is 31.7. The first-order valence-electron chi connectivity index (χ1n) is 19.0. The van der Waals surface area contributed by atoms with Crippen LogP contribution < -0.4 is 10.4 Å². The zero-order valence-corrected chi connectivity index (χ0v) is 31.7. The Morgan fingerprint density at radius 3 is 1.89 bits per heavy atom. The average Bonchev–Trinajstić information content (AvgIpc) is 3.71. The van der Waals surface area contributed by atoms with E-state index in [1.807, 2.05) is 0 Å². The molecule has 7 aromatic carbocycles. The monoisotopic (exact) mass is 702 g/mol. The van der Waals surface area contributed by atoms with Gasteiger partial charge in [0.2, 0.25) is 0 Å². The molecular weight excluding hydrogens is 659 g/mol. The fourth-order valence-electron chi connectivity index (χ4n) is 8.74. The van der Waals surface area contributed by atoms with Gasteiger partial charge in [-0.3, -0.25) is 0 Å². The molecule has 0 atom stereocenters. The molecule has 0 saturated carbocycles. The third-order valence-corrected chi connectivity index (χ3v) is 12.4. The van der Waals surface area contributed by atoms with E-state index in [-0.39, 0.29) is 5.41 Å². The van der Waals surface area contributed by atoms with Crippen LogP contribution in [0.2, 0.25) is 0 Å². The fraction of sp³-hybridized carbons (Fsp3) is 0.184. The molecule has 1 aliphatic heterocycles. The van der Waals surface area contributed by atoms with Gasteiger partial charge in [-0.2, -0.15) is 0 Å². The summed E-state index contributed by atoms with van der Waals surface area (Å²) in [6, 6.07) is 55.5. The van der Waals surface area contributed by atoms with E-state index < -0.39 is 18.3 Å². The van der Waals surface area contributed by atoms with Crippen LogP contribution in [0.1, 0.15) is 52.7 Å². The molecule has 5 heteroatoms. The van der Waals surface area contributed by atoms with Gasteiger partial charge in [0.15, 0.2) is 0 Å². The molecule has 1 aliphatic carbocycles. The Hall–Kier alpha value is -5.62. The molecule has 0 radical (unpaired) electrons. The number of anilines is 3. The first-order chi connectivity index (χ1) is 26.0. The Morgan fingerprint density at radius 1 is 0.481 bits per heavy atom. The number of benzene rings is 7. The highest BCUT2D eigenvalue weighted by atomic mass is 16.7. The maximum atomic E-state index is 6.49. The van der Waals surface area contributed by atoms with Gasteiger partial charge in [0, 0.05) is 38.9 Å². The molecule has 0 amide bonds. The zero-order chi connectivity index (χ0) is 37.0. The highest BCUT2D eigenvalue weighted by molar-refractivity contribution is 6.62. The van der Waals surface area contributed by atoms with Crippen molar-refractivity contribution in [2.24, 2.45) is 0 Å². The van der Waals surface area contributed by atoms with Crippen molar-refractivity contribution in [1.29, 1.82) is 0 Å². The average molecular weight is 703 g/mol. The topological polar surface area (TPSA) is 26.6 Å². The molecule has 2 heterocycles. The van der Waals surface area contributed by atoms with E-state index in [9.17, 15) is 0 Å². The highest BCUT2D eigenvalue weighted by Gasteiger charge is 2.51. The van der Waals surface area contributed by atoms with Crippen LogP contribution in [0.5, 0.6) is 0 Å². The lowest BCUT2D eigenvalue weighted by atomic mass is 9.79. The van der Waals surface area contributed by atoms with Gasteiger partial charge in [0.25, 0.3) is 0 Å². The standard InChI is InChI=1S/C49H43BN2O2/c1-47(2)43-17-11-9-15-39(43)40-28-26-38(31-44(40)47)51(37-21-19-32-13-7-8-14-33(32)29-37)35-22-24-36(25-23-35)52-45-18-12-10-16-41(45)42-27-20-34(30-46(42)52)50-53-48(3,4)49(5,6)54-50/h7-31H,1-6H3. The van der Waals surface area contributed by atoms with Crippen molar-refractivity contribution in [1.82, 2.24) is 4.57 Å². The second-order valence-corrected chi connectivity index (χ2v) is 16.5. The summed E-state index contributed by atoms with van der Waals surface area (Å²) in [7, 11) is -0.436. The second-order valence-electron chi connectivity index (χ2n) is 16.5. The number of fused-ring (bicyclic) bond motifs is 7. The van der Waals surface area contributed by atoms with Crippen LogP contribution in [0, 0.1) is 0 Å². The first-order valence-corrected chi connectivity index (χ1v) is 19.0. The molecule has 2 aliphatic rings. The summed E-state index contributed by atoms with van der Waals surface area (Å²) in [5.41, 5.74) is 12.2. The van der Waals surface area contributed by atoms with E-state index >= 15 is 0 Å². The number of hydrogen-bond donors (Lipinski definition) is 0. The molecule has 0 N–H and O–H groups in total. The second kappa shape index (κ2) is 11.7. The molecule has 4 nitrogen and oxygen atoms in total. The predicted octanol–water partition coefficient (Wildman–Crippen LogP) is 12.0. The number of aromatic nitrogens is 1. The summed E-state index contributed by atoms with van der Waals surface area (Å²) in [5.74, 6) is 0. The van der Waals surface area contributed by atoms with Crippen LogP contribution in [0.4, 0.5) is 17.1 Å². The van der Waals surface area contributed by atoms with Crippen molar-refractivity contribution in [2.75, 3.05) is 4.90 Å². The van der Waals surface area contributed by atoms with E-state index in [1.165, 1.54) is 43.8 Å². The van der Waals surface area contributed by atoms with Crippen LogP contribution in [0.25, 0.3) is 49.4 Å². The Kier molecular flexibility index (Phi) is 7.14. The quantitative estimate of drug-likeness (QED) is 0.167. The minimum absolute atomic E-state index is 0.101. The molecule has 264 valence electrons. The molecule has 1 aromatic heterocycles. The van der Waals surface area contributed by atoms with E-state index in [1.54, 1.807) is 0 Å². The lowest BCUT2D eigenvalue weighted by Gasteiger charge is -2.32. The molecule has 0 spiro atoms. The first kappa shape index (κ1) is 33.0. The van der Waals surface area contributed by atoms with Crippen LogP contribution in [0.3, 0.4) is 0 Å². The Labute approximate surface area is 317 Å². The van der Waals surface area contributed by atoms with E-state index in [2.05, 4.69) is 203 Å². The van der Waals surface area contributed by atoms with Gasteiger partial charge in [-0.05, 0) is 127 Å². The van der Waals surface area contributed by atoms with E-state index in [0.717, 1.165) is 39.2 Å². The molecule has 0 bridgehead atoms. The summed E-state index contributed by atoms with van der Waals surface area (Å²) in [6.45, 7) is 13.1. The molecule has 54 heavy (non-hydrogen) atoms. The molecule has 1 saturated heterocycles. The molecule has 10 rings (SSSR count). The number of nitrogens with zero attached hydrogens (tertiary/aromatic N) is 2. The van der Waals surface area contributed by atoms with Crippen LogP contribution in [-0.2, 0) is 14.7 Å². The Bertz CT molecular complexity index is 2760. The summed E-state index contributed by atoms with van der Waals surface area (Å²) in [5, 5.41) is 4.87. The summed E-state index contributed by atoms with van der Waals surface area (Å²) < 4.78 is 15.4. The predicted molar refractivity (Wildman–Crippen MR) is 226 cm³/mol. The summed E-state index contributed by atoms with van der Waals surface area (Å²) in [4.78, 5) is 2.40. The minimum atomic E-state index is -0.436. The van der Waals surface area contributed by atoms with Crippen molar-refractivity contribution in [3.8, 4) is 16.8 Å². The van der Waals surface area contributed by atoms with Gasteiger partial charge in [-0.15, -0.1) is 0 Å². The maximum Gasteiger partial charge on any atom is 0.494 e. The fourth-order valence-corrected chi connectivity index (χ4v) is 8.74. The molecule has 8 aromatic rings. The molecule has 1 fully saturated rings.